The predicted octanol–water partition coefficient (Wildman–Crippen LogP) is 4.51. The summed E-state index contributed by atoms with van der Waals surface area (Å²) in [7, 11) is 0. The Labute approximate surface area is 155 Å². The first kappa shape index (κ1) is 18.3. The molecule has 3 aromatic rings. The van der Waals surface area contributed by atoms with Crippen LogP contribution in [0.15, 0.2) is 54.6 Å². The predicted molar refractivity (Wildman–Crippen MR) is 105 cm³/mol. The van der Waals surface area contributed by atoms with Gasteiger partial charge in [0.1, 0.15) is 0 Å². The molecule has 0 fully saturated rings. The fraction of sp³-hybridized carbons (Fsp3) is 0.381. The van der Waals surface area contributed by atoms with E-state index in [1.54, 1.807) is 0 Å². The lowest BCUT2D eigenvalue weighted by molar-refractivity contribution is 0.422. The van der Waals surface area contributed by atoms with Crippen LogP contribution >= 0.6 is 0 Å². The van der Waals surface area contributed by atoms with Crippen molar-refractivity contribution in [2.75, 3.05) is 0 Å². The molecule has 0 saturated carbocycles. The van der Waals surface area contributed by atoms with Crippen LogP contribution in [0.2, 0.25) is 0 Å². The van der Waals surface area contributed by atoms with Crippen LogP contribution in [0.5, 0.6) is 0 Å². The second kappa shape index (κ2) is 9.25. The topological polar surface area (TPSA) is 66.5 Å². The van der Waals surface area contributed by atoms with Crippen molar-refractivity contribution in [2.45, 2.75) is 51.6 Å². The third-order valence-corrected chi connectivity index (χ3v) is 4.76. The van der Waals surface area contributed by atoms with Gasteiger partial charge in [0.2, 0.25) is 5.82 Å². The first-order chi connectivity index (χ1) is 12.8. The van der Waals surface area contributed by atoms with Crippen molar-refractivity contribution < 1.29 is 0 Å². The van der Waals surface area contributed by atoms with Crippen molar-refractivity contribution in [2.24, 2.45) is 0 Å². The minimum atomic E-state index is 0.143. The summed E-state index contributed by atoms with van der Waals surface area (Å²) < 4.78 is 0. The van der Waals surface area contributed by atoms with Crippen LogP contribution in [0, 0.1) is 0 Å². The molecule has 5 nitrogen and oxygen atoms in total. The second-order valence-corrected chi connectivity index (χ2v) is 6.62. The Balaban J connectivity index is 1.92. The van der Waals surface area contributed by atoms with E-state index in [0.29, 0.717) is 11.9 Å². The normalized spacial score (nSPS) is 13.5. The molecule has 0 aliphatic heterocycles. The van der Waals surface area contributed by atoms with E-state index in [-0.39, 0.29) is 6.04 Å². The van der Waals surface area contributed by atoms with Crippen molar-refractivity contribution >= 4 is 0 Å². The van der Waals surface area contributed by atoms with Crippen LogP contribution in [0.4, 0.5) is 0 Å². The molecule has 1 aromatic heterocycles. The molecule has 0 spiro atoms. The molecule has 2 aromatic carbocycles. The lowest BCUT2D eigenvalue weighted by Gasteiger charge is -2.26. The highest BCUT2D eigenvalue weighted by molar-refractivity contribution is 5.56. The molecule has 0 amide bonds. The van der Waals surface area contributed by atoms with Crippen molar-refractivity contribution in [1.82, 2.24) is 25.9 Å². The Bertz CT molecular complexity index is 770. The minimum Gasteiger partial charge on any atom is -0.303 e. The first-order valence-corrected chi connectivity index (χ1v) is 9.46. The summed E-state index contributed by atoms with van der Waals surface area (Å²) in [6.45, 7) is 4.50. The number of unbranched alkanes of at least 4 members (excludes halogenated alkanes) is 1. The number of hydrogen-bond acceptors (Lipinski definition) is 4. The maximum absolute atomic E-state index is 4.11. The van der Waals surface area contributed by atoms with Gasteiger partial charge in [-0.2, -0.15) is 5.21 Å². The van der Waals surface area contributed by atoms with E-state index < -0.39 is 0 Å². The molecular formula is C21H27N5. The highest BCUT2D eigenvalue weighted by atomic mass is 15.5. The molecule has 1 heterocycles. The number of rotatable bonds is 9. The van der Waals surface area contributed by atoms with Crippen LogP contribution in [0.25, 0.3) is 11.4 Å². The van der Waals surface area contributed by atoms with Gasteiger partial charge in [-0.1, -0.05) is 75.2 Å². The Morgan fingerprint density at radius 3 is 2.50 bits per heavy atom. The zero-order valence-corrected chi connectivity index (χ0v) is 15.5. The molecular weight excluding hydrogens is 322 g/mol. The fourth-order valence-electron chi connectivity index (χ4n) is 3.26. The van der Waals surface area contributed by atoms with Crippen LogP contribution in [-0.2, 0) is 0 Å². The summed E-state index contributed by atoms with van der Waals surface area (Å²) >= 11 is 0. The van der Waals surface area contributed by atoms with E-state index in [9.17, 15) is 0 Å². The van der Waals surface area contributed by atoms with E-state index in [4.69, 9.17) is 0 Å². The van der Waals surface area contributed by atoms with Crippen LogP contribution < -0.4 is 5.32 Å². The monoisotopic (exact) mass is 349 g/mol. The number of nitrogens with one attached hydrogen (secondary N) is 2. The highest BCUT2D eigenvalue weighted by Gasteiger charge is 2.18. The van der Waals surface area contributed by atoms with E-state index >= 15 is 0 Å². The molecule has 136 valence electrons. The Hall–Kier alpha value is -2.53. The summed E-state index contributed by atoms with van der Waals surface area (Å²) in [5.74, 6) is 0.622. The van der Waals surface area contributed by atoms with Gasteiger partial charge in [-0.3, -0.25) is 0 Å². The molecule has 0 aliphatic rings. The molecule has 5 heteroatoms. The molecule has 0 aliphatic carbocycles. The molecule has 3 rings (SSSR count). The fourth-order valence-corrected chi connectivity index (χ4v) is 3.26. The summed E-state index contributed by atoms with van der Waals surface area (Å²) in [4.78, 5) is 0. The van der Waals surface area contributed by atoms with Crippen LogP contribution in [0.1, 0.15) is 56.7 Å². The standard InChI is InChI=1S/C21H27N5/c1-3-5-14-19(4-2)22-20(16-10-7-6-8-11-16)17-12-9-13-18(15-17)21-23-25-26-24-21/h6-13,15,19-20,22H,3-5,14H2,1-2H3,(H,23,24,25,26). The number of H-pyrrole nitrogens is 1. The quantitative estimate of drug-likeness (QED) is 0.596. The molecule has 26 heavy (non-hydrogen) atoms. The van der Waals surface area contributed by atoms with Gasteiger partial charge >= 0.3 is 0 Å². The molecule has 2 atom stereocenters. The first-order valence-electron chi connectivity index (χ1n) is 9.46. The van der Waals surface area contributed by atoms with E-state index in [1.807, 2.05) is 6.07 Å². The van der Waals surface area contributed by atoms with Crippen LogP contribution in [-0.4, -0.2) is 26.7 Å². The molecule has 2 unspecified atom stereocenters. The Morgan fingerprint density at radius 2 is 1.81 bits per heavy atom. The number of aromatic amines is 1. The summed E-state index contributed by atoms with van der Waals surface area (Å²) in [6, 6.07) is 19.7. The Morgan fingerprint density at radius 1 is 1.00 bits per heavy atom. The zero-order chi connectivity index (χ0) is 18.2. The lowest BCUT2D eigenvalue weighted by atomic mass is 9.95. The van der Waals surface area contributed by atoms with Gasteiger partial charge in [0.05, 0.1) is 6.04 Å². The summed E-state index contributed by atoms with van der Waals surface area (Å²) in [6.07, 6.45) is 4.78. The number of hydrogen-bond donors (Lipinski definition) is 2. The van der Waals surface area contributed by atoms with Gasteiger partial charge in [-0.15, -0.1) is 10.2 Å². The number of benzene rings is 2. The maximum Gasteiger partial charge on any atom is 0.204 e. The highest BCUT2D eigenvalue weighted by Crippen LogP contribution is 2.27. The average molecular weight is 349 g/mol. The van der Waals surface area contributed by atoms with Gasteiger partial charge in [0.15, 0.2) is 0 Å². The maximum atomic E-state index is 4.11. The van der Waals surface area contributed by atoms with Crippen molar-refractivity contribution in [3.8, 4) is 11.4 Å². The second-order valence-electron chi connectivity index (χ2n) is 6.62. The third-order valence-electron chi connectivity index (χ3n) is 4.76. The molecule has 0 bridgehead atoms. The SMILES string of the molecule is CCCCC(CC)NC(c1ccccc1)c1cccc(-c2nn[nH]n2)c1. The van der Waals surface area contributed by atoms with Gasteiger partial charge in [-0.05, 0) is 35.2 Å². The molecule has 2 N–H and O–H groups in total. The van der Waals surface area contributed by atoms with Crippen molar-refractivity contribution in [1.29, 1.82) is 0 Å². The molecule has 0 saturated heterocycles. The van der Waals surface area contributed by atoms with Gasteiger partial charge in [0, 0.05) is 11.6 Å². The van der Waals surface area contributed by atoms with E-state index in [0.717, 1.165) is 12.0 Å². The summed E-state index contributed by atoms with van der Waals surface area (Å²) in [5, 5.41) is 18.3. The average Bonchev–Trinajstić information content (AvgIpc) is 3.24. The van der Waals surface area contributed by atoms with E-state index in [2.05, 4.69) is 88.3 Å². The van der Waals surface area contributed by atoms with Crippen molar-refractivity contribution in [3.05, 3.63) is 65.7 Å². The number of tetrazole rings is 1. The van der Waals surface area contributed by atoms with Crippen molar-refractivity contribution in [3.63, 3.8) is 0 Å². The molecule has 0 radical (unpaired) electrons. The Kier molecular flexibility index (Phi) is 6.50. The minimum absolute atomic E-state index is 0.143. The number of aromatic nitrogens is 4. The lowest BCUT2D eigenvalue weighted by Crippen LogP contribution is -2.33. The zero-order valence-electron chi connectivity index (χ0n) is 15.5. The van der Waals surface area contributed by atoms with Gasteiger partial charge in [0.25, 0.3) is 0 Å². The van der Waals surface area contributed by atoms with Gasteiger partial charge in [-0.25, -0.2) is 0 Å². The van der Waals surface area contributed by atoms with Crippen LogP contribution in [0.3, 0.4) is 0 Å². The largest absolute Gasteiger partial charge is 0.303 e. The smallest absolute Gasteiger partial charge is 0.204 e. The summed E-state index contributed by atoms with van der Waals surface area (Å²) in [5.41, 5.74) is 3.46. The third kappa shape index (κ3) is 4.55. The van der Waals surface area contributed by atoms with E-state index in [1.165, 1.54) is 30.4 Å². The van der Waals surface area contributed by atoms with Gasteiger partial charge < -0.3 is 5.32 Å². The number of nitrogens with zero attached hydrogens (tertiary/aromatic N) is 3.